The Kier molecular flexibility index (Phi) is 7.01. The summed E-state index contributed by atoms with van der Waals surface area (Å²) < 4.78 is 0. The zero-order valence-electron chi connectivity index (χ0n) is 14.7. The van der Waals surface area contributed by atoms with Gasteiger partial charge in [0.1, 0.15) is 6.10 Å². The van der Waals surface area contributed by atoms with Crippen LogP contribution in [0.3, 0.4) is 0 Å². The van der Waals surface area contributed by atoms with Gasteiger partial charge in [0.05, 0.1) is 12.5 Å². The van der Waals surface area contributed by atoms with Gasteiger partial charge in [0.2, 0.25) is 18.0 Å². The molecule has 1 heterocycles. The largest absolute Gasteiger partial charge is 0.387 e. The quantitative estimate of drug-likeness (QED) is 0.487. The molecule has 2 rings (SSSR count). The van der Waals surface area contributed by atoms with Crippen molar-refractivity contribution in [2.45, 2.75) is 38.5 Å². The molecule has 1 aliphatic rings. The predicted octanol–water partition coefficient (Wildman–Crippen LogP) is 0.483. The van der Waals surface area contributed by atoms with E-state index < -0.39 is 30.1 Å². The summed E-state index contributed by atoms with van der Waals surface area (Å²) in [4.78, 5) is 36.5. The second-order valence-electron chi connectivity index (χ2n) is 6.14. The maximum absolute atomic E-state index is 12.5. The molecule has 26 heavy (non-hydrogen) atoms. The van der Waals surface area contributed by atoms with Crippen molar-refractivity contribution in [3.63, 3.8) is 0 Å². The van der Waals surface area contributed by atoms with Crippen molar-refractivity contribution in [2.24, 2.45) is 11.1 Å². The topological polar surface area (TPSA) is 128 Å². The van der Waals surface area contributed by atoms with E-state index in [0.717, 1.165) is 28.8 Å². The fourth-order valence-corrected chi connectivity index (χ4v) is 4.25. The third-order valence-corrected chi connectivity index (χ3v) is 5.85. The van der Waals surface area contributed by atoms with Crippen LogP contribution in [-0.2, 0) is 22.4 Å². The molecular weight excluding hydrogens is 358 g/mol. The number of nitrogens with one attached hydrogen (secondary N) is 2. The van der Waals surface area contributed by atoms with Crippen molar-refractivity contribution in [1.82, 2.24) is 10.6 Å². The number of fused-ring (bicyclic) bond motifs is 1. The van der Waals surface area contributed by atoms with E-state index >= 15 is 0 Å². The van der Waals surface area contributed by atoms with Crippen LogP contribution < -0.4 is 10.6 Å². The summed E-state index contributed by atoms with van der Waals surface area (Å²) >= 11 is 1.56. The van der Waals surface area contributed by atoms with Crippen molar-refractivity contribution >= 4 is 29.2 Å². The molecule has 1 aromatic heterocycles. The van der Waals surface area contributed by atoms with E-state index in [2.05, 4.69) is 21.9 Å². The zero-order chi connectivity index (χ0) is 19.3. The number of rotatable bonds is 8. The van der Waals surface area contributed by atoms with Gasteiger partial charge in [0.25, 0.3) is 0 Å². The first kappa shape index (κ1) is 20.2. The Morgan fingerprint density at radius 1 is 1.38 bits per heavy atom. The predicted molar refractivity (Wildman–Crippen MR) is 98.5 cm³/mol. The molecule has 0 saturated carbocycles. The van der Waals surface area contributed by atoms with Crippen LogP contribution in [0.1, 0.15) is 27.3 Å². The van der Waals surface area contributed by atoms with Crippen LogP contribution in [0.4, 0.5) is 0 Å². The number of amides is 2. The van der Waals surface area contributed by atoms with Gasteiger partial charge in [-0.25, -0.2) is 0 Å². The van der Waals surface area contributed by atoms with Gasteiger partial charge in [-0.2, -0.15) is 0 Å². The Morgan fingerprint density at radius 3 is 2.73 bits per heavy atom. The minimum atomic E-state index is -1.92. The molecule has 0 radical (unpaired) electrons. The van der Waals surface area contributed by atoms with Crippen LogP contribution in [0.2, 0.25) is 0 Å². The standard InChI is InChI=1S/C17H23N3O5S/c1-9-10-5-3-4-6-12(10)26-13(9)7-11(15(22)17(24)20-25)16(23)19-8-14(21)18-2/h3,5,11,15,17,22,24H,4,6-8H2,1-2H3,(H,18,21)(H,19,23)/t11-,15+,17?/m1/s1. The Balaban J connectivity index is 2.22. The van der Waals surface area contributed by atoms with E-state index in [1.807, 2.05) is 13.0 Å². The number of thiophene rings is 1. The Hall–Kier alpha value is -2.10. The highest BCUT2D eigenvalue weighted by atomic mass is 32.1. The molecule has 0 bridgehead atoms. The third kappa shape index (κ3) is 4.54. The lowest BCUT2D eigenvalue weighted by Crippen LogP contribution is -2.46. The van der Waals surface area contributed by atoms with Gasteiger partial charge in [-0.05, 0) is 42.5 Å². The molecule has 0 fully saturated rings. The SMILES string of the molecule is CNC(=O)CNC(=O)[C@H](Cc1sc2c(c1C)C=CCC2)[C@H](O)C(O)N=O. The molecule has 2 amide bonds. The van der Waals surface area contributed by atoms with Crippen molar-refractivity contribution < 1.29 is 19.8 Å². The maximum atomic E-state index is 12.5. The molecule has 1 aromatic rings. The van der Waals surface area contributed by atoms with E-state index in [9.17, 15) is 24.7 Å². The summed E-state index contributed by atoms with van der Waals surface area (Å²) in [6, 6.07) is 0. The molecule has 1 aliphatic carbocycles. The fourth-order valence-electron chi connectivity index (χ4n) is 2.88. The van der Waals surface area contributed by atoms with Gasteiger partial charge in [0.15, 0.2) is 0 Å². The highest BCUT2D eigenvalue weighted by Gasteiger charge is 2.34. The molecule has 3 atom stereocenters. The summed E-state index contributed by atoms with van der Waals surface area (Å²) in [5.74, 6) is -2.12. The van der Waals surface area contributed by atoms with Crippen LogP contribution in [0.15, 0.2) is 11.3 Å². The number of aryl methyl sites for hydroxylation is 1. The summed E-state index contributed by atoms with van der Waals surface area (Å²) in [7, 11) is 1.44. The van der Waals surface area contributed by atoms with Crippen LogP contribution in [0.5, 0.6) is 0 Å². The Bertz CT molecular complexity index is 715. The molecule has 0 saturated heterocycles. The highest BCUT2D eigenvalue weighted by Crippen LogP contribution is 2.35. The molecule has 142 valence electrons. The van der Waals surface area contributed by atoms with Gasteiger partial charge in [-0.3, -0.25) is 9.59 Å². The van der Waals surface area contributed by atoms with Gasteiger partial charge >= 0.3 is 0 Å². The first-order chi connectivity index (χ1) is 12.4. The first-order valence-electron chi connectivity index (χ1n) is 8.33. The van der Waals surface area contributed by atoms with Crippen LogP contribution in [0.25, 0.3) is 6.08 Å². The number of allylic oxidation sites excluding steroid dienone is 1. The molecule has 1 unspecified atom stereocenters. The van der Waals surface area contributed by atoms with Gasteiger partial charge in [0, 0.05) is 16.8 Å². The summed E-state index contributed by atoms with van der Waals surface area (Å²) in [5, 5.41) is 27.0. The monoisotopic (exact) mass is 381 g/mol. The number of carbonyl (C=O) groups is 2. The number of nitroso groups, excluding NO2 is 1. The molecule has 0 spiro atoms. The molecule has 8 nitrogen and oxygen atoms in total. The van der Waals surface area contributed by atoms with Crippen molar-refractivity contribution in [1.29, 1.82) is 0 Å². The number of carbonyl (C=O) groups excluding carboxylic acids is 2. The van der Waals surface area contributed by atoms with E-state index in [4.69, 9.17) is 0 Å². The number of aliphatic hydroxyl groups excluding tert-OH is 2. The molecule has 9 heteroatoms. The number of likely N-dealkylation sites (N-methyl/N-ethyl adjacent to an activating group) is 1. The molecule has 0 aliphatic heterocycles. The van der Waals surface area contributed by atoms with Crippen molar-refractivity contribution in [2.75, 3.05) is 13.6 Å². The lowest BCUT2D eigenvalue weighted by Gasteiger charge is -2.22. The second-order valence-corrected chi connectivity index (χ2v) is 7.33. The number of aliphatic hydroxyl groups is 2. The van der Waals surface area contributed by atoms with E-state index in [0.29, 0.717) is 0 Å². The summed E-state index contributed by atoms with van der Waals surface area (Å²) in [5.41, 5.74) is 2.15. The minimum Gasteiger partial charge on any atom is -0.387 e. The van der Waals surface area contributed by atoms with E-state index in [1.165, 1.54) is 11.9 Å². The van der Waals surface area contributed by atoms with Crippen LogP contribution in [0, 0.1) is 17.7 Å². The number of hydrogen-bond donors (Lipinski definition) is 4. The molecule has 4 N–H and O–H groups in total. The summed E-state index contributed by atoms with van der Waals surface area (Å²) in [6.45, 7) is 1.69. The normalized spacial score (nSPS) is 16.3. The van der Waals surface area contributed by atoms with Crippen molar-refractivity contribution in [3.05, 3.63) is 31.9 Å². The van der Waals surface area contributed by atoms with E-state index in [-0.39, 0.29) is 13.0 Å². The Labute approximate surface area is 155 Å². The minimum absolute atomic E-state index is 0.144. The Morgan fingerprint density at radius 2 is 2.12 bits per heavy atom. The highest BCUT2D eigenvalue weighted by molar-refractivity contribution is 7.12. The lowest BCUT2D eigenvalue weighted by molar-refractivity contribution is -0.133. The number of nitrogens with zero attached hydrogens (tertiary/aromatic N) is 1. The maximum Gasteiger partial charge on any atom is 0.239 e. The average Bonchev–Trinajstić information content (AvgIpc) is 2.98. The van der Waals surface area contributed by atoms with Crippen molar-refractivity contribution in [3.8, 4) is 0 Å². The first-order valence-corrected chi connectivity index (χ1v) is 9.15. The average molecular weight is 381 g/mol. The van der Waals surface area contributed by atoms with Gasteiger partial charge in [-0.1, -0.05) is 12.2 Å². The number of hydrogen-bond acceptors (Lipinski definition) is 7. The second kappa shape index (κ2) is 9.02. The third-order valence-electron chi connectivity index (χ3n) is 4.46. The van der Waals surface area contributed by atoms with E-state index in [1.54, 1.807) is 11.3 Å². The van der Waals surface area contributed by atoms with Gasteiger partial charge < -0.3 is 20.8 Å². The van der Waals surface area contributed by atoms with Gasteiger partial charge in [-0.15, -0.1) is 16.2 Å². The fraction of sp³-hybridized carbons (Fsp3) is 0.529. The zero-order valence-corrected chi connectivity index (χ0v) is 15.5. The van der Waals surface area contributed by atoms with Crippen LogP contribution >= 0.6 is 11.3 Å². The lowest BCUT2D eigenvalue weighted by atomic mass is 9.93. The smallest absolute Gasteiger partial charge is 0.239 e. The molecule has 0 aromatic carbocycles. The summed E-state index contributed by atoms with van der Waals surface area (Å²) in [6.07, 6.45) is 2.59. The van der Waals surface area contributed by atoms with Crippen LogP contribution in [-0.4, -0.2) is 48.0 Å². The molecular formula is C17H23N3O5S.